The molecule has 0 radical (unpaired) electrons. The molecular formula is C12H16N6O2. The smallest absolute Gasteiger partial charge is 0.320 e. The van der Waals surface area contributed by atoms with Gasteiger partial charge in [0.2, 0.25) is 0 Å². The van der Waals surface area contributed by atoms with Crippen LogP contribution in [-0.4, -0.2) is 54.0 Å². The molecule has 20 heavy (non-hydrogen) atoms. The zero-order valence-corrected chi connectivity index (χ0v) is 11.2. The Labute approximate surface area is 115 Å². The molecule has 0 unspecified atom stereocenters. The molecule has 2 aromatic rings. The average molecular weight is 276 g/mol. The number of nitrogens with zero attached hydrogens (tertiary/aromatic N) is 4. The minimum Gasteiger partial charge on any atom is -0.378 e. The number of fused-ring (bicyclic) bond motifs is 1. The molecule has 2 amide bonds. The molecule has 1 aliphatic heterocycles. The lowest BCUT2D eigenvalue weighted by atomic mass is 10.4. The summed E-state index contributed by atoms with van der Waals surface area (Å²) < 4.78 is 6.99. The molecule has 8 nitrogen and oxygen atoms in total. The summed E-state index contributed by atoms with van der Waals surface area (Å²) in [6.07, 6.45) is 1.69. The summed E-state index contributed by atoms with van der Waals surface area (Å²) in [5.41, 5.74) is 0.688. The number of carbonyl (C=O) groups is 1. The standard InChI is InChI=1S/C12H16N6O2/c1-13-12(19)15-9-8-18-10(14-9)2-3-11(16-18)17-4-6-20-7-5-17/h2-3,8H,4-7H2,1H3,(H2,13,15,19). The van der Waals surface area contributed by atoms with E-state index in [2.05, 4.69) is 25.6 Å². The number of nitrogens with one attached hydrogen (secondary N) is 2. The zero-order valence-electron chi connectivity index (χ0n) is 11.2. The maximum Gasteiger partial charge on any atom is 0.320 e. The molecule has 0 spiro atoms. The first-order valence-corrected chi connectivity index (χ1v) is 6.44. The average Bonchev–Trinajstić information content (AvgIpc) is 2.89. The van der Waals surface area contributed by atoms with Crippen molar-refractivity contribution in [2.75, 3.05) is 43.6 Å². The van der Waals surface area contributed by atoms with E-state index in [9.17, 15) is 4.79 Å². The summed E-state index contributed by atoms with van der Waals surface area (Å²) in [5, 5.41) is 9.61. The Bertz CT molecular complexity index is 619. The summed E-state index contributed by atoms with van der Waals surface area (Å²) in [6.45, 7) is 3.09. The first-order chi connectivity index (χ1) is 9.76. The number of amides is 2. The molecule has 0 aliphatic carbocycles. The van der Waals surface area contributed by atoms with E-state index in [0.29, 0.717) is 24.7 Å². The van der Waals surface area contributed by atoms with Crippen molar-refractivity contribution in [2.45, 2.75) is 0 Å². The van der Waals surface area contributed by atoms with Gasteiger partial charge in [0.25, 0.3) is 0 Å². The van der Waals surface area contributed by atoms with E-state index >= 15 is 0 Å². The Kier molecular flexibility index (Phi) is 3.38. The van der Waals surface area contributed by atoms with Crippen LogP contribution in [0, 0.1) is 0 Å². The lowest BCUT2D eigenvalue weighted by Crippen LogP contribution is -2.36. The van der Waals surface area contributed by atoms with Crippen LogP contribution < -0.4 is 15.5 Å². The second kappa shape index (κ2) is 5.33. The highest BCUT2D eigenvalue weighted by Gasteiger charge is 2.13. The van der Waals surface area contributed by atoms with Gasteiger partial charge in [-0.3, -0.25) is 5.32 Å². The van der Waals surface area contributed by atoms with Gasteiger partial charge in [-0.2, -0.15) is 0 Å². The van der Waals surface area contributed by atoms with Gasteiger partial charge in [-0.05, 0) is 12.1 Å². The molecule has 1 aliphatic rings. The number of ether oxygens (including phenoxy) is 1. The number of hydrogen-bond acceptors (Lipinski definition) is 5. The van der Waals surface area contributed by atoms with Crippen LogP contribution >= 0.6 is 0 Å². The summed E-state index contributed by atoms with van der Waals surface area (Å²) in [5.74, 6) is 1.35. The fourth-order valence-electron chi connectivity index (χ4n) is 2.07. The van der Waals surface area contributed by atoms with Gasteiger partial charge in [-0.25, -0.2) is 14.3 Å². The van der Waals surface area contributed by atoms with E-state index in [0.717, 1.165) is 18.9 Å². The van der Waals surface area contributed by atoms with E-state index in [4.69, 9.17) is 4.74 Å². The number of morpholine rings is 1. The van der Waals surface area contributed by atoms with Crippen molar-refractivity contribution in [3.63, 3.8) is 0 Å². The summed E-state index contributed by atoms with van der Waals surface area (Å²) >= 11 is 0. The molecule has 0 atom stereocenters. The van der Waals surface area contributed by atoms with Gasteiger partial charge < -0.3 is 15.0 Å². The van der Waals surface area contributed by atoms with Gasteiger partial charge in [0.15, 0.2) is 11.5 Å². The van der Waals surface area contributed by atoms with Gasteiger partial charge in [0, 0.05) is 20.1 Å². The Balaban J connectivity index is 1.84. The van der Waals surface area contributed by atoms with Crippen LogP contribution in [0.3, 0.4) is 0 Å². The molecular weight excluding hydrogens is 260 g/mol. The zero-order chi connectivity index (χ0) is 13.9. The number of carbonyl (C=O) groups excluding carboxylic acids is 1. The topological polar surface area (TPSA) is 83.8 Å². The van der Waals surface area contributed by atoms with Crippen molar-refractivity contribution in [3.05, 3.63) is 18.3 Å². The van der Waals surface area contributed by atoms with Crippen molar-refractivity contribution < 1.29 is 9.53 Å². The summed E-state index contributed by atoms with van der Waals surface area (Å²) in [7, 11) is 1.56. The maximum atomic E-state index is 11.3. The lowest BCUT2D eigenvalue weighted by molar-refractivity contribution is 0.122. The molecule has 0 aromatic carbocycles. The molecule has 1 fully saturated rings. The Hall–Kier alpha value is -2.35. The van der Waals surface area contributed by atoms with E-state index in [-0.39, 0.29) is 6.03 Å². The van der Waals surface area contributed by atoms with Crippen molar-refractivity contribution in [3.8, 4) is 0 Å². The molecule has 0 saturated carbocycles. The molecule has 2 N–H and O–H groups in total. The van der Waals surface area contributed by atoms with Crippen molar-refractivity contribution in [1.82, 2.24) is 19.9 Å². The van der Waals surface area contributed by atoms with Crippen LogP contribution in [0.5, 0.6) is 0 Å². The van der Waals surface area contributed by atoms with E-state index in [1.54, 1.807) is 17.8 Å². The van der Waals surface area contributed by atoms with Crippen LogP contribution in [0.1, 0.15) is 0 Å². The van der Waals surface area contributed by atoms with E-state index in [1.807, 2.05) is 12.1 Å². The molecule has 8 heteroatoms. The third kappa shape index (κ3) is 2.50. The molecule has 1 saturated heterocycles. The fraction of sp³-hybridized carbons (Fsp3) is 0.417. The number of urea groups is 1. The predicted molar refractivity (Wildman–Crippen MR) is 74.1 cm³/mol. The third-order valence-electron chi connectivity index (χ3n) is 3.11. The van der Waals surface area contributed by atoms with Crippen LogP contribution in [0.4, 0.5) is 16.4 Å². The summed E-state index contributed by atoms with van der Waals surface area (Å²) in [4.78, 5) is 17.7. The first-order valence-electron chi connectivity index (χ1n) is 6.44. The number of hydrogen-bond donors (Lipinski definition) is 2. The predicted octanol–water partition coefficient (Wildman–Crippen LogP) is 0.317. The number of imidazole rings is 1. The largest absolute Gasteiger partial charge is 0.378 e. The van der Waals surface area contributed by atoms with Crippen LogP contribution in [-0.2, 0) is 4.74 Å². The highest BCUT2D eigenvalue weighted by Crippen LogP contribution is 2.15. The quantitative estimate of drug-likeness (QED) is 0.825. The third-order valence-corrected chi connectivity index (χ3v) is 3.11. The monoisotopic (exact) mass is 276 g/mol. The number of rotatable bonds is 2. The molecule has 3 rings (SSSR count). The van der Waals surface area contributed by atoms with E-state index in [1.165, 1.54) is 0 Å². The first kappa shape index (κ1) is 12.7. The Morgan fingerprint density at radius 3 is 2.90 bits per heavy atom. The minimum atomic E-state index is -0.304. The van der Waals surface area contributed by atoms with Gasteiger partial charge >= 0.3 is 6.03 Å². The second-order valence-corrected chi connectivity index (χ2v) is 4.42. The normalized spacial score (nSPS) is 15.3. The van der Waals surface area contributed by atoms with E-state index < -0.39 is 0 Å². The van der Waals surface area contributed by atoms with Gasteiger partial charge in [-0.15, -0.1) is 5.10 Å². The highest BCUT2D eigenvalue weighted by molar-refractivity contribution is 5.88. The highest BCUT2D eigenvalue weighted by atomic mass is 16.5. The Morgan fingerprint density at radius 2 is 2.15 bits per heavy atom. The SMILES string of the molecule is CNC(=O)Nc1cn2nc(N3CCOCC3)ccc2n1. The lowest BCUT2D eigenvalue weighted by Gasteiger charge is -2.27. The van der Waals surface area contributed by atoms with Gasteiger partial charge in [-0.1, -0.05) is 0 Å². The maximum absolute atomic E-state index is 11.3. The number of anilines is 2. The minimum absolute atomic E-state index is 0.304. The van der Waals surface area contributed by atoms with Crippen molar-refractivity contribution >= 4 is 23.3 Å². The van der Waals surface area contributed by atoms with Crippen LogP contribution in [0.15, 0.2) is 18.3 Å². The van der Waals surface area contributed by atoms with Gasteiger partial charge in [0.05, 0.1) is 19.4 Å². The molecule has 0 bridgehead atoms. The van der Waals surface area contributed by atoms with Crippen LogP contribution in [0.2, 0.25) is 0 Å². The fourth-order valence-corrected chi connectivity index (χ4v) is 2.07. The molecule has 3 heterocycles. The number of aromatic nitrogens is 3. The van der Waals surface area contributed by atoms with Crippen molar-refractivity contribution in [1.29, 1.82) is 0 Å². The Morgan fingerprint density at radius 1 is 1.35 bits per heavy atom. The van der Waals surface area contributed by atoms with Crippen LogP contribution in [0.25, 0.3) is 5.65 Å². The van der Waals surface area contributed by atoms with Gasteiger partial charge in [0.1, 0.15) is 5.82 Å². The molecule has 2 aromatic heterocycles. The second-order valence-electron chi connectivity index (χ2n) is 4.42. The molecule has 106 valence electrons. The summed E-state index contributed by atoms with van der Waals surface area (Å²) in [6, 6.07) is 3.51. The van der Waals surface area contributed by atoms with Crippen molar-refractivity contribution in [2.24, 2.45) is 0 Å².